The van der Waals surface area contributed by atoms with E-state index in [2.05, 4.69) is 5.32 Å². The number of para-hydroxylation sites is 1. The normalized spacial score (nSPS) is 18.3. The predicted octanol–water partition coefficient (Wildman–Crippen LogP) is 1.67. The van der Waals surface area contributed by atoms with Crippen molar-refractivity contribution in [2.75, 3.05) is 26.2 Å². The van der Waals surface area contributed by atoms with E-state index in [1.807, 2.05) is 42.2 Å². The highest BCUT2D eigenvalue weighted by Crippen LogP contribution is 2.12. The lowest BCUT2D eigenvalue weighted by molar-refractivity contribution is -0.133. The second-order valence-electron chi connectivity index (χ2n) is 4.74. The molecule has 1 aromatic rings. The molecule has 1 fully saturated rings. The van der Waals surface area contributed by atoms with Crippen molar-refractivity contribution in [1.82, 2.24) is 10.2 Å². The maximum atomic E-state index is 12.2. The summed E-state index contributed by atoms with van der Waals surface area (Å²) in [5.41, 5.74) is 0. The molecule has 4 heteroatoms. The van der Waals surface area contributed by atoms with Crippen LogP contribution in [-0.2, 0) is 4.79 Å². The second-order valence-corrected chi connectivity index (χ2v) is 4.74. The molecule has 4 nitrogen and oxygen atoms in total. The summed E-state index contributed by atoms with van der Waals surface area (Å²) in [4.78, 5) is 14.1. The number of hydrogen-bond donors (Lipinski definition) is 1. The fourth-order valence-corrected chi connectivity index (χ4v) is 2.46. The highest BCUT2D eigenvalue weighted by atomic mass is 16.5. The van der Waals surface area contributed by atoms with Crippen LogP contribution in [0.5, 0.6) is 5.75 Å². The highest BCUT2D eigenvalue weighted by Gasteiger charge is 2.24. The van der Waals surface area contributed by atoms with Crippen LogP contribution in [0.1, 0.15) is 19.8 Å². The maximum Gasteiger partial charge on any atom is 0.226 e. The minimum Gasteiger partial charge on any atom is -0.493 e. The average molecular weight is 262 g/mol. The fraction of sp³-hybridized carbons (Fsp3) is 0.533. The zero-order chi connectivity index (χ0) is 13.5. The lowest BCUT2D eigenvalue weighted by Crippen LogP contribution is -2.41. The van der Waals surface area contributed by atoms with Crippen molar-refractivity contribution in [3.63, 3.8) is 0 Å². The van der Waals surface area contributed by atoms with E-state index < -0.39 is 0 Å². The van der Waals surface area contributed by atoms with Crippen LogP contribution in [0.4, 0.5) is 0 Å². The number of amides is 1. The number of benzene rings is 1. The van der Waals surface area contributed by atoms with E-state index >= 15 is 0 Å². The van der Waals surface area contributed by atoms with Gasteiger partial charge in [0.1, 0.15) is 5.75 Å². The number of rotatable bonds is 6. The molecule has 1 aliphatic rings. The number of nitrogens with zero attached hydrogens (tertiary/aromatic N) is 1. The molecule has 0 saturated carbocycles. The van der Waals surface area contributed by atoms with E-state index in [0.717, 1.165) is 31.8 Å². The molecule has 1 saturated heterocycles. The molecule has 1 aliphatic heterocycles. The predicted molar refractivity (Wildman–Crippen MR) is 75.2 cm³/mol. The summed E-state index contributed by atoms with van der Waals surface area (Å²) in [5, 5.41) is 3.30. The van der Waals surface area contributed by atoms with Gasteiger partial charge in [0.15, 0.2) is 0 Å². The van der Waals surface area contributed by atoms with Gasteiger partial charge in [0.25, 0.3) is 0 Å². The van der Waals surface area contributed by atoms with Crippen LogP contribution < -0.4 is 10.1 Å². The molecule has 0 aliphatic carbocycles. The summed E-state index contributed by atoms with van der Waals surface area (Å²) >= 11 is 0. The van der Waals surface area contributed by atoms with E-state index in [9.17, 15) is 4.79 Å². The first-order valence-corrected chi connectivity index (χ1v) is 6.99. The van der Waals surface area contributed by atoms with Crippen LogP contribution >= 0.6 is 0 Å². The molecule has 1 N–H and O–H groups in total. The number of hydrogen-bond acceptors (Lipinski definition) is 3. The van der Waals surface area contributed by atoms with Crippen molar-refractivity contribution in [1.29, 1.82) is 0 Å². The van der Waals surface area contributed by atoms with Crippen LogP contribution in [0.2, 0.25) is 0 Å². The third kappa shape index (κ3) is 3.96. The monoisotopic (exact) mass is 262 g/mol. The van der Waals surface area contributed by atoms with E-state index in [0.29, 0.717) is 19.1 Å². The van der Waals surface area contributed by atoms with E-state index in [4.69, 9.17) is 4.74 Å². The molecule has 0 bridgehead atoms. The minimum absolute atomic E-state index is 0.187. The van der Waals surface area contributed by atoms with Gasteiger partial charge in [-0.2, -0.15) is 0 Å². The Balaban J connectivity index is 1.76. The standard InChI is InChI=1S/C15H22N2O2/c1-2-17(13-8-10-16-12-13)15(18)9-11-19-14-6-4-3-5-7-14/h3-7,13,16H,2,8-12H2,1H3. The Morgan fingerprint density at radius 3 is 2.84 bits per heavy atom. The summed E-state index contributed by atoms with van der Waals surface area (Å²) in [7, 11) is 0. The Morgan fingerprint density at radius 2 is 2.21 bits per heavy atom. The number of likely N-dealkylation sites (N-methyl/N-ethyl adjacent to an activating group) is 1. The van der Waals surface area contributed by atoms with Crippen molar-refractivity contribution < 1.29 is 9.53 Å². The third-order valence-corrected chi connectivity index (χ3v) is 3.46. The van der Waals surface area contributed by atoms with Crippen molar-refractivity contribution in [3.8, 4) is 5.75 Å². The summed E-state index contributed by atoms with van der Waals surface area (Å²) < 4.78 is 5.57. The Bertz CT molecular complexity index is 388. The summed E-state index contributed by atoms with van der Waals surface area (Å²) in [6.07, 6.45) is 1.50. The highest BCUT2D eigenvalue weighted by molar-refractivity contribution is 5.76. The van der Waals surface area contributed by atoms with E-state index in [1.54, 1.807) is 0 Å². The first-order valence-electron chi connectivity index (χ1n) is 6.99. The molecule has 104 valence electrons. The molecule has 1 amide bonds. The van der Waals surface area contributed by atoms with E-state index in [1.165, 1.54) is 0 Å². The van der Waals surface area contributed by atoms with Crippen molar-refractivity contribution in [2.24, 2.45) is 0 Å². The number of carbonyl (C=O) groups excluding carboxylic acids is 1. The molecule has 19 heavy (non-hydrogen) atoms. The fourth-order valence-electron chi connectivity index (χ4n) is 2.46. The Morgan fingerprint density at radius 1 is 1.42 bits per heavy atom. The van der Waals surface area contributed by atoms with Crippen molar-refractivity contribution in [3.05, 3.63) is 30.3 Å². The summed E-state index contributed by atoms with van der Waals surface area (Å²) in [6.45, 7) is 5.18. The minimum atomic E-state index is 0.187. The van der Waals surface area contributed by atoms with Gasteiger partial charge in [-0.1, -0.05) is 18.2 Å². The lowest BCUT2D eigenvalue weighted by atomic mass is 10.2. The van der Waals surface area contributed by atoms with Crippen LogP contribution in [0.25, 0.3) is 0 Å². The quantitative estimate of drug-likeness (QED) is 0.848. The van der Waals surface area contributed by atoms with Crippen LogP contribution in [0, 0.1) is 0 Å². The molecule has 1 aromatic carbocycles. The van der Waals surface area contributed by atoms with Crippen molar-refractivity contribution in [2.45, 2.75) is 25.8 Å². The number of carbonyl (C=O) groups is 1. The molecule has 1 unspecified atom stereocenters. The molecule has 0 radical (unpaired) electrons. The van der Waals surface area contributed by atoms with Crippen molar-refractivity contribution >= 4 is 5.91 Å². The van der Waals surface area contributed by atoms with Gasteiger partial charge < -0.3 is 15.0 Å². The maximum absolute atomic E-state index is 12.2. The lowest BCUT2D eigenvalue weighted by Gasteiger charge is -2.27. The molecular weight excluding hydrogens is 240 g/mol. The first kappa shape index (κ1) is 13.9. The zero-order valence-corrected chi connectivity index (χ0v) is 11.5. The van der Waals surface area contributed by atoms with Gasteiger partial charge in [-0.3, -0.25) is 4.79 Å². The second kappa shape index (κ2) is 7.14. The molecule has 0 aromatic heterocycles. The Labute approximate surface area is 114 Å². The average Bonchev–Trinajstić information content (AvgIpc) is 2.95. The number of ether oxygens (including phenoxy) is 1. The molecule has 0 spiro atoms. The largest absolute Gasteiger partial charge is 0.493 e. The van der Waals surface area contributed by atoms with Gasteiger partial charge in [-0.05, 0) is 32.0 Å². The molecule has 2 rings (SSSR count). The van der Waals surface area contributed by atoms with Gasteiger partial charge >= 0.3 is 0 Å². The van der Waals surface area contributed by atoms with Crippen LogP contribution in [0.15, 0.2) is 30.3 Å². The van der Waals surface area contributed by atoms with Crippen LogP contribution in [0.3, 0.4) is 0 Å². The number of nitrogens with one attached hydrogen (secondary N) is 1. The first-order chi connectivity index (χ1) is 9.31. The van der Waals surface area contributed by atoms with Gasteiger partial charge in [0.05, 0.1) is 13.0 Å². The van der Waals surface area contributed by atoms with Gasteiger partial charge in [0.2, 0.25) is 5.91 Å². The van der Waals surface area contributed by atoms with Gasteiger partial charge in [0, 0.05) is 19.1 Å². The Kier molecular flexibility index (Phi) is 5.21. The molecule has 1 heterocycles. The van der Waals surface area contributed by atoms with Gasteiger partial charge in [-0.25, -0.2) is 0 Å². The SMILES string of the molecule is CCN(C(=O)CCOc1ccccc1)C1CCNC1. The topological polar surface area (TPSA) is 41.6 Å². The summed E-state index contributed by atoms with van der Waals surface area (Å²) in [6, 6.07) is 9.98. The zero-order valence-electron chi connectivity index (χ0n) is 11.5. The van der Waals surface area contributed by atoms with Crippen LogP contribution in [-0.4, -0.2) is 43.1 Å². The third-order valence-electron chi connectivity index (χ3n) is 3.46. The smallest absolute Gasteiger partial charge is 0.226 e. The molecular formula is C15H22N2O2. The van der Waals surface area contributed by atoms with Gasteiger partial charge in [-0.15, -0.1) is 0 Å². The summed E-state index contributed by atoms with van der Waals surface area (Å²) in [5.74, 6) is 1.01. The van der Waals surface area contributed by atoms with E-state index in [-0.39, 0.29) is 5.91 Å². The Hall–Kier alpha value is -1.55. The molecule has 1 atom stereocenters.